The number of aliphatic hydroxyl groups is 1. The summed E-state index contributed by atoms with van der Waals surface area (Å²) in [5.41, 5.74) is 0.701. The van der Waals surface area contributed by atoms with E-state index in [1.54, 1.807) is 18.5 Å². The summed E-state index contributed by atoms with van der Waals surface area (Å²) in [5, 5.41) is 19.9. The molecule has 3 aromatic rings. The van der Waals surface area contributed by atoms with Gasteiger partial charge < -0.3 is 10.4 Å². The van der Waals surface area contributed by atoms with Crippen molar-refractivity contribution in [2.75, 3.05) is 5.32 Å². The van der Waals surface area contributed by atoms with Gasteiger partial charge in [-0.3, -0.25) is 14.9 Å². The fourth-order valence-corrected chi connectivity index (χ4v) is 2.52. The van der Waals surface area contributed by atoms with Gasteiger partial charge in [-0.15, -0.1) is 0 Å². The third kappa shape index (κ3) is 3.01. The Morgan fingerprint density at radius 1 is 1.36 bits per heavy atom. The molecule has 1 aliphatic carbocycles. The van der Waals surface area contributed by atoms with Gasteiger partial charge in [0.2, 0.25) is 0 Å². The van der Waals surface area contributed by atoms with Crippen molar-refractivity contribution in [1.29, 1.82) is 0 Å². The van der Waals surface area contributed by atoms with E-state index in [1.807, 2.05) is 18.2 Å². The highest BCUT2D eigenvalue weighted by Crippen LogP contribution is 2.36. The van der Waals surface area contributed by atoms with E-state index in [9.17, 15) is 14.3 Å². The van der Waals surface area contributed by atoms with Crippen LogP contribution in [0.15, 0.2) is 36.7 Å². The number of carbonyl (C=O) groups is 1. The number of aromatic nitrogens is 3. The van der Waals surface area contributed by atoms with E-state index in [2.05, 4.69) is 20.5 Å². The van der Waals surface area contributed by atoms with E-state index < -0.39 is 17.3 Å². The number of benzene rings is 1. The summed E-state index contributed by atoms with van der Waals surface area (Å²) in [5.74, 6) is -1.17. The van der Waals surface area contributed by atoms with Crippen molar-refractivity contribution in [3.63, 3.8) is 0 Å². The van der Waals surface area contributed by atoms with Gasteiger partial charge in [0.1, 0.15) is 11.4 Å². The zero-order chi connectivity index (χ0) is 17.4. The molecule has 1 aliphatic rings. The molecule has 0 bridgehead atoms. The monoisotopic (exact) mass is 338 g/mol. The number of aromatic amines is 1. The lowest BCUT2D eigenvalue weighted by atomic mass is 10.1. The van der Waals surface area contributed by atoms with Gasteiger partial charge in [-0.2, -0.15) is 5.10 Å². The van der Waals surface area contributed by atoms with Gasteiger partial charge in [0.25, 0.3) is 5.91 Å². The van der Waals surface area contributed by atoms with Crippen molar-refractivity contribution < 1.29 is 14.3 Å². The summed E-state index contributed by atoms with van der Waals surface area (Å²) < 4.78 is 14.2. The number of anilines is 1. The van der Waals surface area contributed by atoms with E-state index in [0.29, 0.717) is 29.4 Å². The summed E-state index contributed by atoms with van der Waals surface area (Å²) in [6.45, 7) is 0. The predicted octanol–water partition coefficient (Wildman–Crippen LogP) is 2.73. The van der Waals surface area contributed by atoms with Gasteiger partial charge >= 0.3 is 0 Å². The molecule has 4 rings (SSSR count). The molecule has 1 saturated carbocycles. The van der Waals surface area contributed by atoms with Crippen LogP contribution in [0.1, 0.15) is 24.1 Å². The molecule has 2 heterocycles. The van der Waals surface area contributed by atoms with Crippen LogP contribution in [-0.2, 0) is 4.79 Å². The van der Waals surface area contributed by atoms with E-state index in [-0.39, 0.29) is 5.69 Å². The van der Waals surface area contributed by atoms with Crippen LogP contribution in [0.4, 0.5) is 10.1 Å². The fourth-order valence-electron chi connectivity index (χ4n) is 2.52. The quantitative estimate of drug-likeness (QED) is 0.682. The largest absolute Gasteiger partial charge is 0.380 e. The Balaban J connectivity index is 1.66. The van der Waals surface area contributed by atoms with Crippen LogP contribution in [0.3, 0.4) is 0 Å². The van der Waals surface area contributed by atoms with Crippen molar-refractivity contribution in [3.05, 3.63) is 53.7 Å². The molecule has 0 spiro atoms. The molecule has 2 aromatic heterocycles. The molecule has 6 nitrogen and oxygen atoms in total. The Morgan fingerprint density at radius 2 is 2.20 bits per heavy atom. The third-order valence-electron chi connectivity index (χ3n) is 4.19. The van der Waals surface area contributed by atoms with Crippen molar-refractivity contribution >= 4 is 34.6 Å². The molecule has 0 unspecified atom stereocenters. The zero-order valence-electron chi connectivity index (χ0n) is 13.2. The van der Waals surface area contributed by atoms with Gasteiger partial charge in [-0.1, -0.05) is 12.1 Å². The highest BCUT2D eigenvalue weighted by atomic mass is 19.1. The van der Waals surface area contributed by atoms with Crippen LogP contribution < -0.4 is 5.32 Å². The smallest absolute Gasteiger partial charge is 0.256 e. The first-order chi connectivity index (χ1) is 12.0. The number of amides is 1. The number of carbonyl (C=O) groups excluding carboxylic acids is 1. The number of rotatable bonds is 4. The number of nitrogens with zero attached hydrogens (tertiary/aromatic N) is 2. The second-order valence-corrected chi connectivity index (χ2v) is 6.09. The number of halogens is 1. The maximum atomic E-state index is 14.2. The number of fused-ring (bicyclic) bond motifs is 1. The maximum Gasteiger partial charge on any atom is 0.256 e. The topological polar surface area (TPSA) is 90.9 Å². The predicted molar refractivity (Wildman–Crippen MR) is 92.0 cm³/mol. The molecular formula is C18H15FN4O2. The molecule has 0 atom stereocenters. The van der Waals surface area contributed by atoms with Gasteiger partial charge in [0.15, 0.2) is 0 Å². The van der Waals surface area contributed by atoms with Crippen LogP contribution in [0.2, 0.25) is 0 Å². The van der Waals surface area contributed by atoms with Crippen molar-refractivity contribution in [2.24, 2.45) is 0 Å². The highest BCUT2D eigenvalue weighted by Gasteiger charge is 2.48. The molecule has 1 aromatic carbocycles. The summed E-state index contributed by atoms with van der Waals surface area (Å²) in [6.07, 6.45) is 7.83. The van der Waals surface area contributed by atoms with Crippen molar-refractivity contribution in [1.82, 2.24) is 15.2 Å². The number of pyridine rings is 1. The maximum absolute atomic E-state index is 14.2. The van der Waals surface area contributed by atoms with Crippen LogP contribution in [-0.4, -0.2) is 31.8 Å². The van der Waals surface area contributed by atoms with Gasteiger partial charge in [-0.05, 0) is 36.6 Å². The number of H-pyrrole nitrogens is 1. The average molecular weight is 338 g/mol. The Morgan fingerprint density at radius 3 is 2.92 bits per heavy atom. The van der Waals surface area contributed by atoms with Crippen LogP contribution in [0, 0.1) is 5.82 Å². The number of hydrogen-bond donors (Lipinski definition) is 3. The lowest BCUT2D eigenvalue weighted by Crippen LogP contribution is -2.29. The van der Waals surface area contributed by atoms with Crippen LogP contribution in [0.25, 0.3) is 23.1 Å². The molecule has 126 valence electrons. The Labute approximate surface area is 142 Å². The molecule has 0 radical (unpaired) electrons. The first-order valence-electron chi connectivity index (χ1n) is 7.85. The van der Waals surface area contributed by atoms with Crippen molar-refractivity contribution in [2.45, 2.75) is 18.4 Å². The first-order valence-corrected chi connectivity index (χ1v) is 7.85. The minimum absolute atomic E-state index is 0.0234. The lowest BCUT2D eigenvalue weighted by molar-refractivity contribution is -0.125. The van der Waals surface area contributed by atoms with E-state index in [1.165, 1.54) is 12.1 Å². The first kappa shape index (κ1) is 15.5. The SMILES string of the molecule is O=C(Nc1cc2c(C=Cc3cccnc3)n[nH]c2cc1F)C1(O)CC1. The van der Waals surface area contributed by atoms with Crippen molar-refractivity contribution in [3.8, 4) is 0 Å². The fraction of sp³-hybridized carbons (Fsp3) is 0.167. The van der Waals surface area contributed by atoms with Gasteiger partial charge in [-0.25, -0.2) is 4.39 Å². The molecule has 1 fully saturated rings. The van der Waals surface area contributed by atoms with Gasteiger partial charge in [0.05, 0.1) is 16.9 Å². The normalized spacial score (nSPS) is 15.6. The number of nitrogens with one attached hydrogen (secondary N) is 2. The van der Waals surface area contributed by atoms with Crippen LogP contribution >= 0.6 is 0 Å². The van der Waals surface area contributed by atoms with Gasteiger partial charge in [0, 0.05) is 23.8 Å². The van der Waals surface area contributed by atoms with E-state index in [4.69, 9.17) is 0 Å². The zero-order valence-corrected chi connectivity index (χ0v) is 13.2. The summed E-state index contributed by atoms with van der Waals surface area (Å²) in [4.78, 5) is 16.0. The Kier molecular flexibility index (Phi) is 3.58. The second-order valence-electron chi connectivity index (χ2n) is 6.09. The Bertz CT molecular complexity index is 977. The molecule has 0 saturated heterocycles. The summed E-state index contributed by atoms with van der Waals surface area (Å²) >= 11 is 0. The molecule has 25 heavy (non-hydrogen) atoms. The summed E-state index contributed by atoms with van der Waals surface area (Å²) in [7, 11) is 0. The lowest BCUT2D eigenvalue weighted by Gasteiger charge is -2.10. The minimum atomic E-state index is -1.36. The molecule has 0 aliphatic heterocycles. The highest BCUT2D eigenvalue weighted by molar-refractivity contribution is 6.01. The van der Waals surface area contributed by atoms with E-state index in [0.717, 1.165) is 5.56 Å². The molecule has 7 heteroatoms. The molecule has 1 amide bonds. The third-order valence-corrected chi connectivity index (χ3v) is 4.19. The summed E-state index contributed by atoms with van der Waals surface area (Å²) in [6, 6.07) is 6.52. The Hall–Kier alpha value is -3.06. The average Bonchev–Trinajstić information content (AvgIpc) is 3.26. The number of hydrogen-bond acceptors (Lipinski definition) is 4. The second kappa shape index (κ2) is 5.78. The van der Waals surface area contributed by atoms with Crippen LogP contribution in [0.5, 0.6) is 0 Å². The minimum Gasteiger partial charge on any atom is -0.380 e. The molecule has 3 N–H and O–H groups in total. The molecular weight excluding hydrogens is 323 g/mol. The standard InChI is InChI=1S/C18H15FN4O2/c19-13-9-15-12(8-16(13)21-17(24)18(25)5-6-18)14(22-23-15)4-3-11-2-1-7-20-10-11/h1-4,7-10,25H,5-6H2,(H,21,24)(H,22,23). The van der Waals surface area contributed by atoms with E-state index >= 15 is 0 Å².